The van der Waals surface area contributed by atoms with Crippen LogP contribution in [-0.4, -0.2) is 27.4 Å². The second-order valence-corrected chi connectivity index (χ2v) is 8.52. The molecule has 0 radical (unpaired) electrons. The summed E-state index contributed by atoms with van der Waals surface area (Å²) in [5, 5.41) is 0. The van der Waals surface area contributed by atoms with Gasteiger partial charge in [0.25, 0.3) is 0 Å². The molecular formula is C16H26FNO3S. The second-order valence-electron chi connectivity index (χ2n) is 6.65. The highest BCUT2D eigenvalue weighted by Gasteiger charge is 2.18. The summed E-state index contributed by atoms with van der Waals surface area (Å²) in [6, 6.07) is 5.56. The Morgan fingerprint density at radius 1 is 1.27 bits per heavy atom. The molecule has 1 N–H and O–H groups in total. The first kappa shape index (κ1) is 19.1. The minimum absolute atomic E-state index is 0.0318. The summed E-state index contributed by atoms with van der Waals surface area (Å²) in [4.78, 5) is 0. The third-order valence-corrected chi connectivity index (χ3v) is 4.50. The minimum atomic E-state index is -3.46. The lowest BCUT2D eigenvalue weighted by molar-refractivity contribution is 0.0720. The summed E-state index contributed by atoms with van der Waals surface area (Å²) in [5.41, 5.74) is 0.409. The molecule has 0 aliphatic rings. The lowest BCUT2D eigenvalue weighted by Crippen LogP contribution is -2.30. The lowest BCUT2D eigenvalue weighted by atomic mass is 9.99. The van der Waals surface area contributed by atoms with Crippen LogP contribution < -0.4 is 4.72 Å². The number of benzene rings is 1. The third-order valence-electron chi connectivity index (χ3n) is 2.96. The van der Waals surface area contributed by atoms with Crippen LogP contribution in [0, 0.1) is 11.2 Å². The van der Waals surface area contributed by atoms with Gasteiger partial charge in [-0.1, -0.05) is 39.0 Å². The highest BCUT2D eigenvalue weighted by molar-refractivity contribution is 7.89. The van der Waals surface area contributed by atoms with E-state index in [0.717, 1.165) is 0 Å². The van der Waals surface area contributed by atoms with Crippen molar-refractivity contribution in [3.63, 3.8) is 0 Å². The fourth-order valence-electron chi connectivity index (χ4n) is 1.95. The molecule has 1 aromatic carbocycles. The Bertz CT molecular complexity index is 567. The molecule has 22 heavy (non-hydrogen) atoms. The number of hydrogen-bond acceptors (Lipinski definition) is 3. The van der Waals surface area contributed by atoms with E-state index in [1.165, 1.54) is 6.07 Å². The van der Waals surface area contributed by atoms with Gasteiger partial charge in [-0.15, -0.1) is 0 Å². The predicted octanol–water partition coefficient (Wildman–Crippen LogP) is 3.26. The van der Waals surface area contributed by atoms with Crippen molar-refractivity contribution in [3.05, 3.63) is 35.6 Å². The normalized spacial score (nSPS) is 14.0. The third kappa shape index (κ3) is 7.33. The van der Waals surface area contributed by atoms with Crippen LogP contribution in [-0.2, 0) is 14.8 Å². The Morgan fingerprint density at radius 2 is 1.91 bits per heavy atom. The first-order valence-corrected chi connectivity index (χ1v) is 9.08. The van der Waals surface area contributed by atoms with Gasteiger partial charge in [0.2, 0.25) is 10.0 Å². The summed E-state index contributed by atoms with van der Waals surface area (Å²) < 4.78 is 45.6. The number of ether oxygens (including phenoxy) is 1. The monoisotopic (exact) mass is 331 g/mol. The Kier molecular flexibility index (Phi) is 6.97. The Balaban J connectivity index is 2.42. The van der Waals surface area contributed by atoms with Crippen molar-refractivity contribution in [2.24, 2.45) is 5.41 Å². The van der Waals surface area contributed by atoms with Gasteiger partial charge in [-0.2, -0.15) is 0 Å². The molecule has 0 amide bonds. The number of rotatable bonds is 8. The Labute approximate surface area is 133 Å². The number of halogens is 1. The summed E-state index contributed by atoms with van der Waals surface area (Å²) in [6.45, 7) is 8.79. The second kappa shape index (κ2) is 8.04. The van der Waals surface area contributed by atoms with E-state index in [1.807, 2.05) is 0 Å². The quantitative estimate of drug-likeness (QED) is 0.744. The topological polar surface area (TPSA) is 55.4 Å². The number of sulfonamides is 1. The van der Waals surface area contributed by atoms with Crippen molar-refractivity contribution in [2.45, 2.75) is 40.2 Å². The van der Waals surface area contributed by atoms with Crippen LogP contribution in [0.1, 0.15) is 45.7 Å². The Morgan fingerprint density at radius 3 is 2.50 bits per heavy atom. The van der Waals surface area contributed by atoms with E-state index in [4.69, 9.17) is 4.74 Å². The Hall–Kier alpha value is -0.980. The molecule has 0 saturated heterocycles. The van der Waals surface area contributed by atoms with Crippen LogP contribution in [0.15, 0.2) is 24.3 Å². The SMILES string of the molecule is C[C@@H](NS(=O)(=O)CCCOCC(C)(C)C)c1ccccc1F. The molecule has 0 fully saturated rings. The molecule has 0 heterocycles. The van der Waals surface area contributed by atoms with Crippen molar-refractivity contribution in [1.29, 1.82) is 0 Å². The van der Waals surface area contributed by atoms with Gasteiger partial charge in [0.1, 0.15) is 5.82 Å². The summed E-state index contributed by atoms with van der Waals surface area (Å²) >= 11 is 0. The van der Waals surface area contributed by atoms with Crippen molar-refractivity contribution < 1.29 is 17.5 Å². The first-order chi connectivity index (χ1) is 10.1. The van der Waals surface area contributed by atoms with Crippen LogP contribution >= 0.6 is 0 Å². The van der Waals surface area contributed by atoms with Gasteiger partial charge in [0.15, 0.2) is 0 Å². The van der Waals surface area contributed by atoms with Gasteiger partial charge in [-0.3, -0.25) is 0 Å². The molecule has 1 atom stereocenters. The van der Waals surface area contributed by atoms with Gasteiger partial charge in [0.05, 0.1) is 12.4 Å². The van der Waals surface area contributed by atoms with E-state index in [-0.39, 0.29) is 11.2 Å². The molecule has 0 aliphatic heterocycles. The fraction of sp³-hybridized carbons (Fsp3) is 0.625. The minimum Gasteiger partial charge on any atom is -0.381 e. The fourth-order valence-corrected chi connectivity index (χ4v) is 3.23. The van der Waals surface area contributed by atoms with Crippen molar-refractivity contribution in [1.82, 2.24) is 4.72 Å². The van der Waals surface area contributed by atoms with E-state index < -0.39 is 21.9 Å². The molecular weight excluding hydrogens is 305 g/mol. The highest BCUT2D eigenvalue weighted by Crippen LogP contribution is 2.17. The van der Waals surface area contributed by atoms with Crippen LogP contribution in [0.2, 0.25) is 0 Å². The van der Waals surface area contributed by atoms with Crippen LogP contribution in [0.25, 0.3) is 0 Å². The van der Waals surface area contributed by atoms with Gasteiger partial charge in [-0.05, 0) is 24.8 Å². The molecule has 0 unspecified atom stereocenters. The van der Waals surface area contributed by atoms with Gasteiger partial charge >= 0.3 is 0 Å². The molecule has 0 aromatic heterocycles. The van der Waals surface area contributed by atoms with Gasteiger partial charge in [0, 0.05) is 18.2 Å². The van der Waals surface area contributed by atoms with E-state index >= 15 is 0 Å². The molecule has 0 saturated carbocycles. The lowest BCUT2D eigenvalue weighted by Gasteiger charge is -2.18. The standard InChI is InChI=1S/C16H26FNO3S/c1-13(14-8-5-6-9-15(14)17)18-22(19,20)11-7-10-21-12-16(2,3)4/h5-6,8-9,13,18H,7,10-12H2,1-4H3/t13-/m1/s1. The molecule has 6 heteroatoms. The molecule has 0 bridgehead atoms. The molecule has 126 valence electrons. The van der Waals surface area contributed by atoms with E-state index in [9.17, 15) is 12.8 Å². The maximum absolute atomic E-state index is 13.6. The van der Waals surface area contributed by atoms with E-state index in [0.29, 0.717) is 25.2 Å². The van der Waals surface area contributed by atoms with Crippen molar-refractivity contribution >= 4 is 10.0 Å². The van der Waals surface area contributed by atoms with Crippen molar-refractivity contribution in [2.75, 3.05) is 19.0 Å². The summed E-state index contributed by atoms with van der Waals surface area (Å²) in [7, 11) is -3.46. The van der Waals surface area contributed by atoms with Crippen LogP contribution in [0.4, 0.5) is 4.39 Å². The first-order valence-electron chi connectivity index (χ1n) is 7.43. The summed E-state index contributed by atoms with van der Waals surface area (Å²) in [6.07, 6.45) is 0.412. The predicted molar refractivity (Wildman–Crippen MR) is 86.6 cm³/mol. The molecule has 1 rings (SSSR count). The highest BCUT2D eigenvalue weighted by atomic mass is 32.2. The zero-order chi connectivity index (χ0) is 16.8. The smallest absolute Gasteiger partial charge is 0.212 e. The maximum Gasteiger partial charge on any atom is 0.212 e. The average molecular weight is 331 g/mol. The van der Waals surface area contributed by atoms with E-state index in [2.05, 4.69) is 25.5 Å². The summed E-state index contributed by atoms with van der Waals surface area (Å²) in [5.74, 6) is -0.443. The number of nitrogens with one attached hydrogen (secondary N) is 1. The number of hydrogen-bond donors (Lipinski definition) is 1. The van der Waals surface area contributed by atoms with Crippen molar-refractivity contribution in [3.8, 4) is 0 Å². The van der Waals surface area contributed by atoms with E-state index in [1.54, 1.807) is 25.1 Å². The molecule has 0 spiro atoms. The maximum atomic E-state index is 13.6. The zero-order valence-electron chi connectivity index (χ0n) is 13.7. The van der Waals surface area contributed by atoms with Gasteiger partial charge in [-0.25, -0.2) is 17.5 Å². The average Bonchev–Trinajstić information content (AvgIpc) is 2.36. The van der Waals surface area contributed by atoms with Gasteiger partial charge < -0.3 is 4.74 Å². The van der Waals surface area contributed by atoms with Crippen LogP contribution in [0.3, 0.4) is 0 Å². The molecule has 4 nitrogen and oxygen atoms in total. The molecule has 0 aliphatic carbocycles. The molecule has 1 aromatic rings. The van der Waals surface area contributed by atoms with Crippen LogP contribution in [0.5, 0.6) is 0 Å². The largest absolute Gasteiger partial charge is 0.381 e. The zero-order valence-corrected chi connectivity index (χ0v) is 14.5.